The first-order valence-corrected chi connectivity index (χ1v) is 6.86. The second-order valence-electron chi connectivity index (χ2n) is 4.79. The lowest BCUT2D eigenvalue weighted by Crippen LogP contribution is -1.97. The van der Waals surface area contributed by atoms with Crippen molar-refractivity contribution in [3.05, 3.63) is 39.8 Å². The van der Waals surface area contributed by atoms with Crippen molar-refractivity contribution in [3.8, 4) is 0 Å². The van der Waals surface area contributed by atoms with Gasteiger partial charge in [-0.05, 0) is 25.0 Å². The van der Waals surface area contributed by atoms with Crippen molar-refractivity contribution in [2.45, 2.75) is 31.6 Å². The van der Waals surface area contributed by atoms with Gasteiger partial charge in [-0.25, -0.2) is 4.39 Å². The van der Waals surface area contributed by atoms with E-state index in [0.29, 0.717) is 21.8 Å². The van der Waals surface area contributed by atoms with E-state index in [-0.39, 0.29) is 5.02 Å². The van der Waals surface area contributed by atoms with Crippen LogP contribution in [0.15, 0.2) is 18.2 Å². The standard InChI is InChI=1S/C14H12Cl2FN/c15-10-6-13(8-3-1-2-4-8)18-14-7-12(17)11(16)5-9(10)14/h5-8H,1-4H2. The van der Waals surface area contributed by atoms with Crippen molar-refractivity contribution in [1.82, 2.24) is 4.98 Å². The van der Waals surface area contributed by atoms with Crippen LogP contribution in [-0.4, -0.2) is 4.98 Å². The van der Waals surface area contributed by atoms with Crippen LogP contribution in [-0.2, 0) is 0 Å². The molecule has 0 spiro atoms. The second-order valence-corrected chi connectivity index (χ2v) is 5.61. The van der Waals surface area contributed by atoms with Crippen molar-refractivity contribution < 1.29 is 4.39 Å². The number of halogens is 3. The predicted molar refractivity (Wildman–Crippen MR) is 72.9 cm³/mol. The van der Waals surface area contributed by atoms with E-state index in [1.165, 1.54) is 18.9 Å². The van der Waals surface area contributed by atoms with Gasteiger partial charge in [-0.1, -0.05) is 36.0 Å². The largest absolute Gasteiger partial charge is 0.252 e. The normalized spacial score (nSPS) is 16.6. The Morgan fingerprint density at radius 1 is 1.06 bits per heavy atom. The highest BCUT2D eigenvalue weighted by atomic mass is 35.5. The zero-order chi connectivity index (χ0) is 12.7. The number of benzene rings is 1. The Morgan fingerprint density at radius 3 is 2.50 bits per heavy atom. The van der Waals surface area contributed by atoms with E-state index in [1.54, 1.807) is 6.07 Å². The van der Waals surface area contributed by atoms with Gasteiger partial charge in [-0.15, -0.1) is 0 Å². The maximum Gasteiger partial charge on any atom is 0.143 e. The minimum Gasteiger partial charge on any atom is -0.252 e. The van der Waals surface area contributed by atoms with Crippen LogP contribution in [0.25, 0.3) is 10.9 Å². The zero-order valence-corrected chi connectivity index (χ0v) is 11.2. The van der Waals surface area contributed by atoms with E-state index in [9.17, 15) is 4.39 Å². The van der Waals surface area contributed by atoms with Gasteiger partial charge in [0.1, 0.15) is 5.82 Å². The first-order chi connectivity index (χ1) is 8.65. The molecule has 1 aliphatic rings. The van der Waals surface area contributed by atoms with Crippen molar-refractivity contribution in [2.24, 2.45) is 0 Å². The summed E-state index contributed by atoms with van der Waals surface area (Å²) in [5.74, 6) is 0.0157. The van der Waals surface area contributed by atoms with Crippen LogP contribution in [0.2, 0.25) is 10.0 Å². The molecule has 2 aromatic rings. The monoisotopic (exact) mass is 283 g/mol. The van der Waals surface area contributed by atoms with Gasteiger partial charge in [-0.2, -0.15) is 0 Å². The first-order valence-electron chi connectivity index (χ1n) is 6.10. The molecule has 0 unspecified atom stereocenters. The van der Waals surface area contributed by atoms with Gasteiger partial charge in [-0.3, -0.25) is 4.98 Å². The number of aromatic nitrogens is 1. The molecule has 0 aliphatic heterocycles. The average molecular weight is 284 g/mol. The molecule has 1 aliphatic carbocycles. The third-order valence-electron chi connectivity index (χ3n) is 3.59. The Balaban J connectivity index is 2.16. The summed E-state index contributed by atoms with van der Waals surface area (Å²) in [4.78, 5) is 4.54. The molecule has 3 rings (SSSR count). The molecule has 0 atom stereocenters. The van der Waals surface area contributed by atoms with Crippen LogP contribution < -0.4 is 0 Å². The number of fused-ring (bicyclic) bond motifs is 1. The Labute approximate surface area is 115 Å². The van der Waals surface area contributed by atoms with Gasteiger partial charge >= 0.3 is 0 Å². The summed E-state index contributed by atoms with van der Waals surface area (Å²) >= 11 is 12.0. The molecule has 0 N–H and O–H groups in total. The van der Waals surface area contributed by atoms with Crippen LogP contribution in [0.3, 0.4) is 0 Å². The minimum atomic E-state index is -0.448. The molecule has 0 amide bonds. The van der Waals surface area contributed by atoms with E-state index in [4.69, 9.17) is 23.2 Å². The Kier molecular flexibility index (Phi) is 3.16. The molecule has 1 fully saturated rings. The van der Waals surface area contributed by atoms with Gasteiger partial charge in [0.25, 0.3) is 0 Å². The highest BCUT2D eigenvalue weighted by Gasteiger charge is 2.20. The highest BCUT2D eigenvalue weighted by Crippen LogP contribution is 2.36. The lowest BCUT2D eigenvalue weighted by Gasteiger charge is -2.11. The summed E-state index contributed by atoms with van der Waals surface area (Å²) in [5.41, 5.74) is 1.57. The number of rotatable bonds is 1. The smallest absolute Gasteiger partial charge is 0.143 e. The van der Waals surface area contributed by atoms with Crippen LogP contribution in [0, 0.1) is 5.82 Å². The van der Waals surface area contributed by atoms with Crippen molar-refractivity contribution >= 4 is 34.1 Å². The first kappa shape index (κ1) is 12.2. The van der Waals surface area contributed by atoms with Crippen molar-refractivity contribution in [2.75, 3.05) is 0 Å². The quantitative estimate of drug-likeness (QED) is 0.689. The van der Waals surface area contributed by atoms with Crippen LogP contribution in [0.1, 0.15) is 37.3 Å². The maximum atomic E-state index is 13.5. The lowest BCUT2D eigenvalue weighted by molar-refractivity contribution is 0.629. The number of nitrogens with zero attached hydrogens (tertiary/aromatic N) is 1. The van der Waals surface area contributed by atoms with Crippen LogP contribution in [0.4, 0.5) is 4.39 Å². The second kappa shape index (κ2) is 4.67. The molecule has 0 saturated heterocycles. The SMILES string of the molecule is Fc1cc2nc(C3CCCC3)cc(Cl)c2cc1Cl. The molecule has 1 aromatic carbocycles. The summed E-state index contributed by atoms with van der Waals surface area (Å²) < 4.78 is 13.5. The van der Waals surface area contributed by atoms with E-state index in [0.717, 1.165) is 18.5 Å². The molecule has 94 valence electrons. The molecule has 1 nitrogen and oxygen atoms in total. The van der Waals surface area contributed by atoms with Crippen molar-refractivity contribution in [3.63, 3.8) is 0 Å². The molecule has 4 heteroatoms. The van der Waals surface area contributed by atoms with Crippen molar-refractivity contribution in [1.29, 1.82) is 0 Å². The topological polar surface area (TPSA) is 12.9 Å². The van der Waals surface area contributed by atoms with Gasteiger partial charge in [0, 0.05) is 23.1 Å². The molecular formula is C14H12Cl2FN. The molecule has 1 saturated carbocycles. The average Bonchev–Trinajstić information content (AvgIpc) is 2.85. The number of hydrogen-bond acceptors (Lipinski definition) is 1. The third kappa shape index (κ3) is 2.08. The fourth-order valence-electron chi connectivity index (χ4n) is 2.63. The van der Waals surface area contributed by atoms with Gasteiger partial charge < -0.3 is 0 Å². The summed E-state index contributed by atoms with van der Waals surface area (Å²) in [5, 5.41) is 1.40. The summed E-state index contributed by atoms with van der Waals surface area (Å²) in [6.45, 7) is 0. The molecule has 18 heavy (non-hydrogen) atoms. The molecule has 0 radical (unpaired) electrons. The van der Waals surface area contributed by atoms with E-state index in [2.05, 4.69) is 4.98 Å². The van der Waals surface area contributed by atoms with Crippen LogP contribution in [0.5, 0.6) is 0 Å². The summed E-state index contributed by atoms with van der Waals surface area (Å²) in [7, 11) is 0. The van der Waals surface area contributed by atoms with Gasteiger partial charge in [0.05, 0.1) is 15.6 Å². The number of pyridine rings is 1. The summed E-state index contributed by atoms with van der Waals surface area (Å²) in [6.07, 6.45) is 4.75. The van der Waals surface area contributed by atoms with E-state index in [1.807, 2.05) is 6.07 Å². The predicted octanol–water partition coefficient (Wildman–Crippen LogP) is 5.34. The third-order valence-corrected chi connectivity index (χ3v) is 4.20. The zero-order valence-electron chi connectivity index (χ0n) is 9.72. The summed E-state index contributed by atoms with van der Waals surface area (Å²) in [6, 6.07) is 4.80. The minimum absolute atomic E-state index is 0.0832. The molecule has 1 heterocycles. The van der Waals surface area contributed by atoms with E-state index < -0.39 is 5.82 Å². The van der Waals surface area contributed by atoms with Gasteiger partial charge in [0.15, 0.2) is 0 Å². The fourth-order valence-corrected chi connectivity index (χ4v) is 3.06. The molecular weight excluding hydrogens is 272 g/mol. The van der Waals surface area contributed by atoms with E-state index >= 15 is 0 Å². The fraction of sp³-hybridized carbons (Fsp3) is 0.357. The Bertz CT molecular complexity index is 606. The maximum absolute atomic E-state index is 13.5. The van der Waals surface area contributed by atoms with Crippen LogP contribution >= 0.6 is 23.2 Å². The highest BCUT2D eigenvalue weighted by molar-refractivity contribution is 6.36. The molecule has 0 bridgehead atoms. The molecule has 1 aromatic heterocycles. The van der Waals surface area contributed by atoms with Gasteiger partial charge in [0.2, 0.25) is 0 Å². The Hall–Kier alpha value is -0.860. The lowest BCUT2D eigenvalue weighted by atomic mass is 10.0. The Morgan fingerprint density at radius 2 is 1.78 bits per heavy atom. The number of hydrogen-bond donors (Lipinski definition) is 0.